The van der Waals surface area contributed by atoms with Crippen molar-refractivity contribution in [2.75, 3.05) is 11.1 Å². The highest BCUT2D eigenvalue weighted by Crippen LogP contribution is 2.22. The summed E-state index contributed by atoms with van der Waals surface area (Å²) < 4.78 is 7.00. The summed E-state index contributed by atoms with van der Waals surface area (Å²) >= 11 is 1.28. The van der Waals surface area contributed by atoms with E-state index >= 15 is 0 Å². The number of fused-ring (bicyclic) bond motifs is 1. The summed E-state index contributed by atoms with van der Waals surface area (Å²) in [5, 5.41) is 16.2. The molecule has 0 aliphatic heterocycles. The number of carbonyl (C=O) groups is 1. The molecule has 0 unspecified atom stereocenters. The Morgan fingerprint density at radius 2 is 2.07 bits per heavy atom. The van der Waals surface area contributed by atoms with E-state index in [9.17, 15) is 4.79 Å². The minimum Gasteiger partial charge on any atom is -0.463 e. The number of furan rings is 1. The van der Waals surface area contributed by atoms with Crippen LogP contribution >= 0.6 is 11.8 Å². The number of carbonyl (C=O) groups excluding carboxylic acids is 1. The third kappa shape index (κ3) is 3.70. The molecule has 0 aliphatic rings. The maximum Gasteiger partial charge on any atom is 0.234 e. The Kier molecular flexibility index (Phi) is 4.64. The third-order valence-electron chi connectivity index (χ3n) is 4.01. The molecule has 1 aromatic carbocycles. The molecule has 0 radical (unpaired) electrons. The average Bonchev–Trinajstić information content (AvgIpc) is 3.32. The molecule has 3 aromatic heterocycles. The van der Waals surface area contributed by atoms with Crippen LogP contribution in [-0.2, 0) is 4.79 Å². The largest absolute Gasteiger partial charge is 0.463 e. The summed E-state index contributed by atoms with van der Waals surface area (Å²) in [6.07, 6.45) is 1.60. The first kappa shape index (κ1) is 17.3. The van der Waals surface area contributed by atoms with Crippen molar-refractivity contribution >= 4 is 29.0 Å². The molecule has 1 N–H and O–H groups in total. The summed E-state index contributed by atoms with van der Waals surface area (Å²) in [7, 11) is 0. The Balaban J connectivity index is 1.49. The first-order chi connectivity index (χ1) is 13.1. The van der Waals surface area contributed by atoms with Crippen LogP contribution in [0, 0.1) is 13.8 Å². The first-order valence-electron chi connectivity index (χ1n) is 8.36. The molecule has 0 saturated heterocycles. The fourth-order valence-electron chi connectivity index (χ4n) is 2.60. The molecule has 1 amide bonds. The molecular weight excluding hydrogens is 362 g/mol. The predicted molar refractivity (Wildman–Crippen MR) is 104 cm³/mol. The summed E-state index contributed by atoms with van der Waals surface area (Å²) in [4.78, 5) is 12.3. The van der Waals surface area contributed by atoms with E-state index in [1.54, 1.807) is 16.8 Å². The number of aromatic nitrogens is 4. The normalized spacial score (nSPS) is 11.0. The van der Waals surface area contributed by atoms with E-state index in [2.05, 4.69) is 20.6 Å². The molecule has 3 heterocycles. The highest BCUT2D eigenvalue weighted by Gasteiger charge is 2.13. The van der Waals surface area contributed by atoms with Crippen molar-refractivity contribution in [1.29, 1.82) is 0 Å². The number of nitrogens with zero attached hydrogens (tertiary/aromatic N) is 4. The van der Waals surface area contributed by atoms with Gasteiger partial charge in [-0.05, 0) is 55.3 Å². The zero-order valence-corrected chi connectivity index (χ0v) is 15.7. The van der Waals surface area contributed by atoms with Gasteiger partial charge < -0.3 is 9.73 Å². The van der Waals surface area contributed by atoms with Crippen molar-refractivity contribution in [3.63, 3.8) is 0 Å². The minimum absolute atomic E-state index is 0.104. The molecule has 0 fully saturated rings. The minimum atomic E-state index is -0.104. The van der Waals surface area contributed by atoms with Gasteiger partial charge in [-0.1, -0.05) is 23.9 Å². The lowest BCUT2D eigenvalue weighted by Gasteiger charge is -2.08. The number of aryl methyl sites for hydroxylation is 2. The zero-order chi connectivity index (χ0) is 18.8. The van der Waals surface area contributed by atoms with Crippen LogP contribution in [0.25, 0.3) is 17.1 Å². The highest BCUT2D eigenvalue weighted by atomic mass is 32.2. The Morgan fingerprint density at radius 3 is 2.89 bits per heavy atom. The molecular formula is C19H17N5O2S. The van der Waals surface area contributed by atoms with Gasteiger partial charge in [-0.3, -0.25) is 4.79 Å². The molecule has 0 saturated carbocycles. The predicted octanol–water partition coefficient (Wildman–Crippen LogP) is 3.73. The van der Waals surface area contributed by atoms with Crippen LogP contribution in [0.2, 0.25) is 0 Å². The van der Waals surface area contributed by atoms with Crippen LogP contribution in [-0.4, -0.2) is 31.5 Å². The van der Waals surface area contributed by atoms with Crippen LogP contribution in [0.3, 0.4) is 0 Å². The van der Waals surface area contributed by atoms with Gasteiger partial charge in [0.25, 0.3) is 0 Å². The number of hydrogen-bond acceptors (Lipinski definition) is 6. The van der Waals surface area contributed by atoms with Crippen molar-refractivity contribution in [3.8, 4) is 11.5 Å². The summed E-state index contributed by atoms with van der Waals surface area (Å²) in [6, 6.07) is 13.3. The number of thioether (sulfide) groups is 1. The molecule has 7 nitrogen and oxygen atoms in total. The highest BCUT2D eigenvalue weighted by molar-refractivity contribution is 7.99. The lowest BCUT2D eigenvalue weighted by molar-refractivity contribution is -0.113. The second-order valence-electron chi connectivity index (χ2n) is 6.10. The number of amides is 1. The monoisotopic (exact) mass is 379 g/mol. The van der Waals surface area contributed by atoms with Crippen molar-refractivity contribution in [3.05, 3.63) is 59.9 Å². The van der Waals surface area contributed by atoms with Crippen LogP contribution in [0.1, 0.15) is 11.1 Å². The SMILES string of the molecule is Cc1ccc(C)c(NC(=O)CSc2nnc3ccc(-c4ccco4)nn23)c1. The summed E-state index contributed by atoms with van der Waals surface area (Å²) in [6.45, 7) is 3.96. The summed E-state index contributed by atoms with van der Waals surface area (Å²) in [5.74, 6) is 0.766. The topological polar surface area (TPSA) is 85.3 Å². The van der Waals surface area contributed by atoms with Crippen molar-refractivity contribution in [1.82, 2.24) is 19.8 Å². The van der Waals surface area contributed by atoms with E-state index in [0.717, 1.165) is 16.8 Å². The van der Waals surface area contributed by atoms with Crippen molar-refractivity contribution < 1.29 is 9.21 Å². The molecule has 4 rings (SSSR count). The molecule has 0 aliphatic carbocycles. The number of nitrogens with one attached hydrogen (secondary N) is 1. The van der Waals surface area contributed by atoms with Crippen LogP contribution in [0.5, 0.6) is 0 Å². The van der Waals surface area contributed by atoms with Crippen LogP contribution < -0.4 is 5.32 Å². The quantitative estimate of drug-likeness (QED) is 0.532. The van der Waals surface area contributed by atoms with Gasteiger partial charge >= 0.3 is 0 Å². The zero-order valence-electron chi connectivity index (χ0n) is 14.8. The van der Waals surface area contributed by atoms with Crippen LogP contribution in [0.15, 0.2) is 58.3 Å². The maximum atomic E-state index is 12.3. The van der Waals surface area contributed by atoms with Gasteiger partial charge in [0.05, 0.1) is 12.0 Å². The second kappa shape index (κ2) is 7.24. The number of hydrogen-bond donors (Lipinski definition) is 1. The van der Waals surface area contributed by atoms with Crippen LogP contribution in [0.4, 0.5) is 5.69 Å². The van der Waals surface area contributed by atoms with E-state index in [0.29, 0.717) is 22.3 Å². The standard InChI is InChI=1S/C19H17N5O2S/c1-12-5-6-13(2)15(10-12)20-18(25)11-27-19-22-21-17-8-7-14(23-24(17)19)16-4-3-9-26-16/h3-10H,11H2,1-2H3,(H,20,25). The Labute approximate surface area is 159 Å². The molecule has 8 heteroatoms. The van der Waals surface area contributed by atoms with Gasteiger partial charge in [-0.25, -0.2) is 0 Å². The van der Waals surface area contributed by atoms with Gasteiger partial charge in [-0.15, -0.1) is 10.2 Å². The van der Waals surface area contributed by atoms with E-state index in [1.165, 1.54) is 11.8 Å². The van der Waals surface area contributed by atoms with Gasteiger partial charge in [-0.2, -0.15) is 9.61 Å². The van der Waals surface area contributed by atoms with E-state index in [4.69, 9.17) is 4.42 Å². The van der Waals surface area contributed by atoms with Crippen molar-refractivity contribution in [2.45, 2.75) is 19.0 Å². The second-order valence-corrected chi connectivity index (χ2v) is 7.05. The van der Waals surface area contributed by atoms with Gasteiger partial charge in [0.1, 0.15) is 5.69 Å². The smallest absolute Gasteiger partial charge is 0.234 e. The molecule has 4 aromatic rings. The lowest BCUT2D eigenvalue weighted by Crippen LogP contribution is -2.15. The Bertz CT molecular complexity index is 1100. The van der Waals surface area contributed by atoms with Gasteiger partial charge in [0, 0.05) is 5.69 Å². The first-order valence-corrected chi connectivity index (χ1v) is 9.35. The number of anilines is 1. The van der Waals surface area contributed by atoms with Crippen molar-refractivity contribution in [2.24, 2.45) is 0 Å². The van der Waals surface area contributed by atoms with Gasteiger partial charge in [0.2, 0.25) is 11.1 Å². The molecule has 136 valence electrons. The fourth-order valence-corrected chi connectivity index (χ4v) is 3.29. The van der Waals surface area contributed by atoms with E-state index in [-0.39, 0.29) is 11.7 Å². The third-order valence-corrected chi connectivity index (χ3v) is 4.93. The molecule has 0 spiro atoms. The Morgan fingerprint density at radius 1 is 1.19 bits per heavy atom. The van der Waals surface area contributed by atoms with E-state index < -0.39 is 0 Å². The molecule has 0 atom stereocenters. The van der Waals surface area contributed by atoms with E-state index in [1.807, 2.05) is 50.2 Å². The molecule has 27 heavy (non-hydrogen) atoms. The Hall–Kier alpha value is -3.13. The van der Waals surface area contributed by atoms with Gasteiger partial charge in [0.15, 0.2) is 11.4 Å². The summed E-state index contributed by atoms with van der Waals surface area (Å²) in [5.41, 5.74) is 4.24. The number of rotatable bonds is 5. The maximum absolute atomic E-state index is 12.3. The molecule has 0 bridgehead atoms. The fraction of sp³-hybridized carbons (Fsp3) is 0.158. The number of benzene rings is 1. The average molecular weight is 379 g/mol. The lowest BCUT2D eigenvalue weighted by atomic mass is 10.1.